The lowest BCUT2D eigenvalue weighted by Gasteiger charge is -1.92. The van der Waals surface area contributed by atoms with E-state index < -0.39 is 5.82 Å². The second-order valence-corrected chi connectivity index (χ2v) is 2.06. The van der Waals surface area contributed by atoms with Crippen molar-refractivity contribution in [3.8, 4) is 0 Å². The summed E-state index contributed by atoms with van der Waals surface area (Å²) in [6, 6.07) is 3.84. The van der Waals surface area contributed by atoms with Crippen LogP contribution in [0.1, 0.15) is 0 Å². The molecule has 1 rings (SSSR count). The molecule has 0 bridgehead atoms. The molecule has 47 valence electrons. The van der Waals surface area contributed by atoms with Crippen LogP contribution >= 0.6 is 11.6 Å². The molecular weight excluding hydrogens is 141 g/mol. The summed E-state index contributed by atoms with van der Waals surface area (Å²) in [7, 11) is 0. The predicted octanol–water partition coefficient (Wildman–Crippen LogP) is 2.39. The molecule has 1 nitrogen and oxygen atoms in total. The molecule has 1 N–H and O–H groups in total. The van der Waals surface area contributed by atoms with Crippen molar-refractivity contribution in [3.05, 3.63) is 29.0 Å². The minimum Gasteiger partial charge on any atom is -0.298 e. The standard InChI is InChI=1S/C6H4ClFN/c7-4-1-2-5(8)6(9)3-4/h1-3,9H. The minimum atomic E-state index is -0.542. The summed E-state index contributed by atoms with van der Waals surface area (Å²) in [5.41, 5.74) is 6.74. The van der Waals surface area contributed by atoms with Gasteiger partial charge in [-0.05, 0) is 18.2 Å². The van der Waals surface area contributed by atoms with Gasteiger partial charge in [-0.3, -0.25) is 5.73 Å². The van der Waals surface area contributed by atoms with Crippen LogP contribution in [0.5, 0.6) is 0 Å². The lowest BCUT2D eigenvalue weighted by atomic mass is 10.3. The fourth-order valence-corrected chi connectivity index (χ4v) is 0.670. The monoisotopic (exact) mass is 144 g/mol. The van der Waals surface area contributed by atoms with Crippen molar-refractivity contribution >= 4 is 17.3 Å². The Hall–Kier alpha value is -0.760. The van der Waals surface area contributed by atoms with Crippen LogP contribution in [0.15, 0.2) is 18.2 Å². The molecule has 0 aliphatic rings. The summed E-state index contributed by atoms with van der Waals surface area (Å²) >= 11 is 5.43. The molecule has 0 fully saturated rings. The van der Waals surface area contributed by atoms with Gasteiger partial charge in [0.25, 0.3) is 0 Å². The van der Waals surface area contributed by atoms with E-state index in [1.807, 2.05) is 0 Å². The first-order valence-electron chi connectivity index (χ1n) is 2.37. The molecule has 0 spiro atoms. The summed E-state index contributed by atoms with van der Waals surface area (Å²) < 4.78 is 12.3. The van der Waals surface area contributed by atoms with Gasteiger partial charge >= 0.3 is 0 Å². The molecule has 9 heavy (non-hydrogen) atoms. The van der Waals surface area contributed by atoms with E-state index >= 15 is 0 Å². The molecule has 0 aliphatic heterocycles. The number of halogens is 2. The predicted molar refractivity (Wildman–Crippen MR) is 34.2 cm³/mol. The maximum Gasteiger partial charge on any atom is 0.148 e. The van der Waals surface area contributed by atoms with Crippen LogP contribution in [0.3, 0.4) is 0 Å². The first-order valence-corrected chi connectivity index (χ1v) is 2.74. The Bertz CT molecular complexity index is 224. The van der Waals surface area contributed by atoms with Crippen molar-refractivity contribution in [2.45, 2.75) is 0 Å². The van der Waals surface area contributed by atoms with Crippen LogP contribution in [0.4, 0.5) is 10.1 Å². The van der Waals surface area contributed by atoms with Crippen LogP contribution in [0, 0.1) is 5.82 Å². The molecule has 0 aromatic heterocycles. The highest BCUT2D eigenvalue weighted by atomic mass is 35.5. The SMILES string of the molecule is [NH]c1cc(Cl)ccc1F. The topological polar surface area (TPSA) is 23.8 Å². The Kier molecular flexibility index (Phi) is 1.58. The van der Waals surface area contributed by atoms with Gasteiger partial charge in [-0.2, -0.15) is 0 Å². The fraction of sp³-hybridized carbons (Fsp3) is 0. The Labute approximate surface area is 57.2 Å². The zero-order valence-corrected chi connectivity index (χ0v) is 5.24. The van der Waals surface area contributed by atoms with Crippen molar-refractivity contribution in [1.82, 2.24) is 5.73 Å². The second kappa shape index (κ2) is 2.23. The van der Waals surface area contributed by atoms with Gasteiger partial charge in [0.05, 0.1) is 5.69 Å². The molecule has 0 atom stereocenters. The van der Waals surface area contributed by atoms with E-state index in [0.717, 1.165) is 0 Å². The van der Waals surface area contributed by atoms with Gasteiger partial charge in [-0.25, -0.2) is 4.39 Å². The molecule has 3 heteroatoms. The summed E-state index contributed by atoms with van der Waals surface area (Å²) in [6.45, 7) is 0. The Morgan fingerprint density at radius 2 is 2.11 bits per heavy atom. The molecule has 0 heterocycles. The average Bonchev–Trinajstić information content (AvgIpc) is 1.80. The molecule has 0 amide bonds. The first-order chi connectivity index (χ1) is 4.20. The third-order valence-corrected chi connectivity index (χ3v) is 1.16. The number of nitrogens with one attached hydrogen (secondary N) is 1. The van der Waals surface area contributed by atoms with Crippen LogP contribution in [0.2, 0.25) is 5.02 Å². The van der Waals surface area contributed by atoms with E-state index in [2.05, 4.69) is 0 Å². The smallest absolute Gasteiger partial charge is 0.148 e. The molecular formula is C6H4ClFN. The number of hydrogen-bond acceptors (Lipinski definition) is 0. The van der Waals surface area contributed by atoms with Crippen molar-refractivity contribution in [2.75, 3.05) is 0 Å². The molecule has 0 saturated heterocycles. The van der Waals surface area contributed by atoms with E-state index in [9.17, 15) is 4.39 Å². The summed E-state index contributed by atoms with van der Waals surface area (Å²) in [5, 5.41) is 0.390. The number of rotatable bonds is 0. The van der Waals surface area contributed by atoms with Gasteiger partial charge in [0.15, 0.2) is 0 Å². The molecule has 0 unspecified atom stereocenters. The van der Waals surface area contributed by atoms with Gasteiger partial charge in [0.1, 0.15) is 5.82 Å². The normalized spacial score (nSPS) is 9.56. The third-order valence-electron chi connectivity index (χ3n) is 0.928. The van der Waals surface area contributed by atoms with E-state index in [-0.39, 0.29) is 5.69 Å². The van der Waals surface area contributed by atoms with Gasteiger partial charge in [0.2, 0.25) is 0 Å². The van der Waals surface area contributed by atoms with Crippen molar-refractivity contribution in [3.63, 3.8) is 0 Å². The van der Waals surface area contributed by atoms with Gasteiger partial charge in [-0.15, -0.1) is 0 Å². The van der Waals surface area contributed by atoms with Crippen LogP contribution in [-0.4, -0.2) is 0 Å². The second-order valence-electron chi connectivity index (χ2n) is 1.62. The van der Waals surface area contributed by atoms with E-state index in [0.29, 0.717) is 5.02 Å². The van der Waals surface area contributed by atoms with Gasteiger partial charge in [0, 0.05) is 5.02 Å². The highest BCUT2D eigenvalue weighted by Gasteiger charge is 1.96. The summed E-state index contributed by atoms with van der Waals surface area (Å²) in [4.78, 5) is 0. The lowest BCUT2D eigenvalue weighted by molar-refractivity contribution is 0.629. The fourth-order valence-electron chi connectivity index (χ4n) is 0.497. The van der Waals surface area contributed by atoms with Crippen molar-refractivity contribution < 1.29 is 4.39 Å². The van der Waals surface area contributed by atoms with Crippen molar-refractivity contribution in [1.29, 1.82) is 0 Å². The zero-order valence-electron chi connectivity index (χ0n) is 4.49. The quantitative estimate of drug-likeness (QED) is 0.534. The first kappa shape index (κ1) is 6.36. The molecule has 1 aromatic rings. The Balaban J connectivity index is 3.17. The highest BCUT2D eigenvalue weighted by molar-refractivity contribution is 6.30. The Morgan fingerprint density at radius 1 is 1.44 bits per heavy atom. The zero-order chi connectivity index (χ0) is 6.85. The van der Waals surface area contributed by atoms with Gasteiger partial charge < -0.3 is 0 Å². The van der Waals surface area contributed by atoms with Crippen LogP contribution in [0.25, 0.3) is 0 Å². The highest BCUT2D eigenvalue weighted by Crippen LogP contribution is 2.16. The molecule has 1 aromatic carbocycles. The van der Waals surface area contributed by atoms with Gasteiger partial charge in [-0.1, -0.05) is 11.6 Å². The Morgan fingerprint density at radius 3 is 2.56 bits per heavy atom. The minimum absolute atomic E-state index is 0.164. The van der Waals surface area contributed by atoms with E-state index in [4.69, 9.17) is 17.3 Å². The largest absolute Gasteiger partial charge is 0.298 e. The molecule has 1 radical (unpaired) electrons. The number of benzene rings is 1. The molecule has 0 saturated carbocycles. The average molecular weight is 145 g/mol. The molecule has 0 aliphatic carbocycles. The van der Waals surface area contributed by atoms with Crippen LogP contribution < -0.4 is 5.73 Å². The van der Waals surface area contributed by atoms with Crippen LogP contribution in [-0.2, 0) is 0 Å². The maximum atomic E-state index is 12.3. The third kappa shape index (κ3) is 1.33. The van der Waals surface area contributed by atoms with E-state index in [1.54, 1.807) is 0 Å². The van der Waals surface area contributed by atoms with Crippen molar-refractivity contribution in [2.24, 2.45) is 0 Å². The maximum absolute atomic E-state index is 12.3. The lowest BCUT2D eigenvalue weighted by Crippen LogP contribution is -1.76. The summed E-state index contributed by atoms with van der Waals surface area (Å²) in [5.74, 6) is -0.542. The number of hydrogen-bond donors (Lipinski definition) is 0. The summed E-state index contributed by atoms with van der Waals surface area (Å²) in [6.07, 6.45) is 0. The van der Waals surface area contributed by atoms with E-state index in [1.165, 1.54) is 18.2 Å².